The van der Waals surface area contributed by atoms with Gasteiger partial charge in [-0.2, -0.15) is 0 Å². The van der Waals surface area contributed by atoms with Crippen LogP contribution in [0.1, 0.15) is 33.9 Å². The average molecular weight is 485 g/mol. The van der Waals surface area contributed by atoms with Gasteiger partial charge in [0.2, 0.25) is 0 Å². The number of likely N-dealkylation sites (N-methyl/N-ethyl adjacent to an activating group) is 1. The van der Waals surface area contributed by atoms with Crippen LogP contribution >= 0.6 is 0 Å². The molecule has 6 heteroatoms. The number of amides is 1. The van der Waals surface area contributed by atoms with Crippen molar-refractivity contribution in [3.8, 4) is 5.75 Å². The van der Waals surface area contributed by atoms with E-state index in [9.17, 15) is 14.7 Å². The number of carbonyl (C=O) groups excluding carboxylic acids is 2. The van der Waals surface area contributed by atoms with E-state index >= 15 is 0 Å². The van der Waals surface area contributed by atoms with E-state index in [0.29, 0.717) is 31.0 Å². The maximum Gasteiger partial charge on any atom is 0.295 e. The Balaban J connectivity index is 1.64. The van der Waals surface area contributed by atoms with Gasteiger partial charge in [0.15, 0.2) is 0 Å². The number of likely N-dealkylation sites (tertiary alicyclic amines) is 1. The number of ether oxygens (including phenoxy) is 1. The van der Waals surface area contributed by atoms with Crippen LogP contribution in [0.3, 0.4) is 0 Å². The fourth-order valence-electron chi connectivity index (χ4n) is 4.35. The van der Waals surface area contributed by atoms with Crippen molar-refractivity contribution in [2.75, 3.05) is 27.2 Å². The van der Waals surface area contributed by atoms with Gasteiger partial charge in [0, 0.05) is 18.7 Å². The quantitative estimate of drug-likeness (QED) is 0.281. The molecule has 1 aliphatic rings. The molecule has 0 spiro atoms. The van der Waals surface area contributed by atoms with Gasteiger partial charge < -0.3 is 19.6 Å². The summed E-state index contributed by atoms with van der Waals surface area (Å²) < 4.78 is 5.89. The van der Waals surface area contributed by atoms with Gasteiger partial charge in [-0.3, -0.25) is 9.59 Å². The minimum atomic E-state index is -0.670. The Bertz CT molecular complexity index is 1280. The molecule has 36 heavy (non-hydrogen) atoms. The summed E-state index contributed by atoms with van der Waals surface area (Å²) in [6.07, 6.45) is 0. The summed E-state index contributed by atoms with van der Waals surface area (Å²) in [4.78, 5) is 29.7. The largest absolute Gasteiger partial charge is 0.507 e. The van der Waals surface area contributed by atoms with Gasteiger partial charge in [-0.25, -0.2) is 0 Å². The normalized spacial score (nSPS) is 17.1. The van der Waals surface area contributed by atoms with Crippen LogP contribution in [0.5, 0.6) is 5.75 Å². The third-order valence-electron chi connectivity index (χ3n) is 6.34. The van der Waals surface area contributed by atoms with Crippen LogP contribution in [0.4, 0.5) is 0 Å². The summed E-state index contributed by atoms with van der Waals surface area (Å²) in [7, 11) is 3.83. The monoisotopic (exact) mass is 484 g/mol. The number of aryl methyl sites for hydroxylation is 2. The Hall–Kier alpha value is -3.90. The Morgan fingerprint density at radius 1 is 0.944 bits per heavy atom. The van der Waals surface area contributed by atoms with Gasteiger partial charge in [-0.1, -0.05) is 59.7 Å². The summed E-state index contributed by atoms with van der Waals surface area (Å²) in [5.41, 5.74) is 4.67. The molecule has 0 unspecified atom stereocenters. The summed E-state index contributed by atoms with van der Waals surface area (Å²) in [6.45, 7) is 5.42. The number of ketones is 1. The molecule has 186 valence electrons. The molecule has 1 atom stereocenters. The van der Waals surface area contributed by atoms with Gasteiger partial charge in [-0.15, -0.1) is 0 Å². The minimum Gasteiger partial charge on any atom is -0.507 e. The predicted octanol–water partition coefficient (Wildman–Crippen LogP) is 4.87. The summed E-state index contributed by atoms with van der Waals surface area (Å²) in [6, 6.07) is 22.1. The van der Waals surface area contributed by atoms with E-state index < -0.39 is 17.7 Å². The van der Waals surface area contributed by atoms with Gasteiger partial charge in [0.05, 0.1) is 11.6 Å². The zero-order valence-corrected chi connectivity index (χ0v) is 21.2. The molecule has 1 fully saturated rings. The molecule has 1 aliphatic heterocycles. The van der Waals surface area contributed by atoms with Crippen molar-refractivity contribution in [2.24, 2.45) is 0 Å². The Kier molecular flexibility index (Phi) is 7.55. The lowest BCUT2D eigenvalue weighted by molar-refractivity contribution is -0.140. The highest BCUT2D eigenvalue weighted by molar-refractivity contribution is 6.46. The van der Waals surface area contributed by atoms with E-state index in [2.05, 4.69) is 6.07 Å². The number of hydrogen-bond donors (Lipinski definition) is 1. The van der Waals surface area contributed by atoms with Crippen molar-refractivity contribution in [3.05, 3.63) is 106 Å². The van der Waals surface area contributed by atoms with Crippen molar-refractivity contribution in [1.29, 1.82) is 0 Å². The van der Waals surface area contributed by atoms with Gasteiger partial charge >= 0.3 is 0 Å². The average Bonchev–Trinajstić information content (AvgIpc) is 3.11. The molecule has 0 radical (unpaired) electrons. The number of aliphatic hydroxyl groups excluding tert-OH is 1. The maximum atomic E-state index is 13.1. The fourth-order valence-corrected chi connectivity index (χ4v) is 4.35. The lowest BCUT2D eigenvalue weighted by atomic mass is 9.94. The third-order valence-corrected chi connectivity index (χ3v) is 6.34. The van der Waals surface area contributed by atoms with Crippen molar-refractivity contribution < 1.29 is 19.4 Å². The van der Waals surface area contributed by atoms with Crippen LogP contribution in [0.2, 0.25) is 0 Å². The molecule has 0 bridgehead atoms. The fraction of sp³-hybridized carbons (Fsp3) is 0.267. The molecular formula is C30H32N2O4. The number of rotatable bonds is 8. The molecule has 6 nitrogen and oxygen atoms in total. The summed E-state index contributed by atoms with van der Waals surface area (Å²) in [5, 5.41) is 11.2. The smallest absolute Gasteiger partial charge is 0.295 e. The minimum absolute atomic E-state index is 0.107. The van der Waals surface area contributed by atoms with Gasteiger partial charge in [0.1, 0.15) is 18.1 Å². The molecule has 1 amide bonds. The van der Waals surface area contributed by atoms with Crippen LogP contribution in [0.25, 0.3) is 5.76 Å². The first-order valence-corrected chi connectivity index (χ1v) is 12.0. The SMILES string of the molecule is Cc1ccc([C@H]2C(=C(O)c3ccc(OCc4cccc(C)c4)cc3)C(=O)C(=O)N2CCN(C)C)cc1. The molecular weight excluding hydrogens is 452 g/mol. The predicted molar refractivity (Wildman–Crippen MR) is 141 cm³/mol. The first kappa shape index (κ1) is 25.2. The van der Waals surface area contributed by atoms with Gasteiger partial charge in [0.25, 0.3) is 11.7 Å². The van der Waals surface area contributed by atoms with Crippen LogP contribution in [0.15, 0.2) is 78.4 Å². The zero-order chi connectivity index (χ0) is 25.8. The van der Waals surface area contributed by atoms with Crippen LogP contribution in [-0.4, -0.2) is 53.8 Å². The van der Waals surface area contributed by atoms with E-state index in [1.165, 1.54) is 5.56 Å². The van der Waals surface area contributed by atoms with Gasteiger partial charge in [-0.05, 0) is 63.3 Å². The molecule has 4 rings (SSSR count). The van der Waals surface area contributed by atoms with Crippen LogP contribution < -0.4 is 4.74 Å². The van der Waals surface area contributed by atoms with Crippen molar-refractivity contribution in [2.45, 2.75) is 26.5 Å². The Morgan fingerprint density at radius 2 is 1.64 bits per heavy atom. The van der Waals surface area contributed by atoms with E-state index in [4.69, 9.17) is 4.74 Å². The number of aliphatic hydroxyl groups is 1. The zero-order valence-electron chi connectivity index (χ0n) is 21.2. The molecule has 0 saturated carbocycles. The van der Waals surface area contributed by atoms with Crippen LogP contribution in [0, 0.1) is 13.8 Å². The molecule has 0 aromatic heterocycles. The topological polar surface area (TPSA) is 70.1 Å². The van der Waals surface area contributed by atoms with Crippen molar-refractivity contribution in [1.82, 2.24) is 9.80 Å². The summed E-state index contributed by atoms with van der Waals surface area (Å²) >= 11 is 0. The number of Topliss-reactive ketones (excluding diaryl/α,β-unsaturated/α-hetero) is 1. The number of benzene rings is 3. The number of nitrogens with zero attached hydrogens (tertiary/aromatic N) is 2. The standard InChI is InChI=1S/C30H32N2O4/c1-20-8-10-23(11-9-20)27-26(29(34)30(35)32(27)17-16-31(3)4)28(33)24-12-14-25(15-13-24)36-19-22-7-5-6-21(2)18-22/h5-15,18,27,33H,16-17,19H2,1-4H3/t27-/m0/s1. The second-order valence-electron chi connectivity index (χ2n) is 9.51. The molecule has 1 saturated heterocycles. The molecule has 1 N–H and O–H groups in total. The Labute approximate surface area is 212 Å². The molecule has 3 aromatic carbocycles. The number of carbonyl (C=O) groups is 2. The van der Waals surface area contributed by atoms with E-state index in [0.717, 1.165) is 16.7 Å². The molecule has 1 heterocycles. The van der Waals surface area contributed by atoms with E-state index in [1.807, 2.05) is 75.3 Å². The van der Waals surface area contributed by atoms with Crippen LogP contribution in [-0.2, 0) is 16.2 Å². The maximum absolute atomic E-state index is 13.1. The second kappa shape index (κ2) is 10.8. The van der Waals surface area contributed by atoms with E-state index in [1.54, 1.807) is 29.2 Å². The number of hydrogen-bond acceptors (Lipinski definition) is 5. The van der Waals surface area contributed by atoms with Crippen molar-refractivity contribution in [3.63, 3.8) is 0 Å². The highest BCUT2D eigenvalue weighted by atomic mass is 16.5. The summed E-state index contributed by atoms with van der Waals surface area (Å²) in [5.74, 6) is -0.801. The third kappa shape index (κ3) is 5.50. The first-order valence-electron chi connectivity index (χ1n) is 12.0. The lowest BCUT2D eigenvalue weighted by Crippen LogP contribution is -2.35. The van der Waals surface area contributed by atoms with Crippen molar-refractivity contribution >= 4 is 17.4 Å². The second-order valence-corrected chi connectivity index (χ2v) is 9.51. The highest BCUT2D eigenvalue weighted by Crippen LogP contribution is 2.39. The molecule has 3 aromatic rings. The first-order chi connectivity index (χ1) is 17.2. The van der Waals surface area contributed by atoms with E-state index in [-0.39, 0.29) is 11.3 Å². The Morgan fingerprint density at radius 3 is 2.28 bits per heavy atom. The highest BCUT2D eigenvalue weighted by Gasteiger charge is 2.45. The lowest BCUT2D eigenvalue weighted by Gasteiger charge is -2.26. The molecule has 0 aliphatic carbocycles.